The zero-order chi connectivity index (χ0) is 12.4. The van der Waals surface area contributed by atoms with Crippen molar-refractivity contribution < 1.29 is 4.42 Å². The summed E-state index contributed by atoms with van der Waals surface area (Å²) in [5.74, 6) is 1.49. The molecule has 0 fully saturated rings. The first-order valence-electron chi connectivity index (χ1n) is 5.28. The van der Waals surface area contributed by atoms with Crippen LogP contribution in [0, 0.1) is 13.8 Å². The first-order chi connectivity index (χ1) is 8.06. The van der Waals surface area contributed by atoms with Crippen molar-refractivity contribution in [3.05, 3.63) is 40.6 Å². The number of hydrogen-bond donors (Lipinski definition) is 2. The molecule has 0 spiro atoms. The van der Waals surface area contributed by atoms with E-state index in [1.54, 1.807) is 12.1 Å². The Hall–Kier alpha value is -1.68. The van der Waals surface area contributed by atoms with Gasteiger partial charge in [0.05, 0.1) is 23.6 Å². The monoisotopic (exact) mass is 251 g/mol. The lowest BCUT2D eigenvalue weighted by atomic mass is 10.2. The normalized spacial score (nSPS) is 10.5. The van der Waals surface area contributed by atoms with Gasteiger partial charge in [-0.15, -0.1) is 0 Å². The van der Waals surface area contributed by atoms with Crippen LogP contribution in [-0.2, 0) is 6.54 Å². The van der Waals surface area contributed by atoms with Gasteiger partial charge in [0.2, 0.25) is 5.89 Å². The highest BCUT2D eigenvalue weighted by atomic mass is 35.5. The molecule has 1 aromatic carbocycles. The molecule has 1 aromatic heterocycles. The van der Waals surface area contributed by atoms with Gasteiger partial charge in [0.15, 0.2) is 0 Å². The van der Waals surface area contributed by atoms with Crippen molar-refractivity contribution in [3.63, 3.8) is 0 Å². The van der Waals surface area contributed by atoms with E-state index in [1.807, 2.05) is 19.9 Å². The number of nitrogens with zero attached hydrogens (tertiary/aromatic N) is 1. The van der Waals surface area contributed by atoms with Crippen LogP contribution in [0.15, 0.2) is 22.6 Å². The second kappa shape index (κ2) is 4.67. The lowest BCUT2D eigenvalue weighted by Gasteiger charge is -2.07. The maximum Gasteiger partial charge on any atom is 0.213 e. The highest BCUT2D eigenvalue weighted by Gasteiger charge is 2.06. The molecule has 2 rings (SSSR count). The van der Waals surface area contributed by atoms with Gasteiger partial charge in [-0.3, -0.25) is 0 Å². The average molecular weight is 252 g/mol. The van der Waals surface area contributed by atoms with Crippen molar-refractivity contribution in [1.82, 2.24) is 4.98 Å². The molecule has 0 saturated carbocycles. The molecular weight excluding hydrogens is 238 g/mol. The summed E-state index contributed by atoms with van der Waals surface area (Å²) in [4.78, 5) is 4.28. The van der Waals surface area contributed by atoms with Crippen LogP contribution >= 0.6 is 11.6 Å². The molecule has 0 saturated heterocycles. The van der Waals surface area contributed by atoms with Crippen LogP contribution in [0.2, 0.25) is 5.02 Å². The number of aryl methyl sites for hydroxylation is 2. The number of oxazole rings is 1. The van der Waals surface area contributed by atoms with E-state index >= 15 is 0 Å². The van der Waals surface area contributed by atoms with Gasteiger partial charge in [-0.1, -0.05) is 11.6 Å². The number of halogens is 1. The van der Waals surface area contributed by atoms with Crippen molar-refractivity contribution in [2.45, 2.75) is 20.4 Å². The van der Waals surface area contributed by atoms with Gasteiger partial charge in [-0.25, -0.2) is 4.98 Å². The van der Waals surface area contributed by atoms with E-state index in [2.05, 4.69) is 10.3 Å². The van der Waals surface area contributed by atoms with E-state index in [0.29, 0.717) is 23.1 Å². The summed E-state index contributed by atoms with van der Waals surface area (Å²) in [5, 5.41) is 3.78. The minimum Gasteiger partial charge on any atom is -0.444 e. The Balaban J connectivity index is 2.07. The van der Waals surface area contributed by atoms with Crippen LogP contribution in [0.25, 0.3) is 0 Å². The molecule has 0 amide bonds. The zero-order valence-electron chi connectivity index (χ0n) is 9.75. The molecule has 0 bridgehead atoms. The number of hydrogen-bond acceptors (Lipinski definition) is 4. The molecule has 0 aliphatic rings. The summed E-state index contributed by atoms with van der Waals surface area (Å²) >= 11 is 5.82. The Morgan fingerprint density at radius 3 is 2.76 bits per heavy atom. The van der Waals surface area contributed by atoms with Gasteiger partial charge < -0.3 is 15.5 Å². The fourth-order valence-corrected chi connectivity index (χ4v) is 1.66. The predicted octanol–water partition coefficient (Wildman–Crippen LogP) is 3.14. The highest BCUT2D eigenvalue weighted by molar-refractivity contribution is 6.31. The fraction of sp³-hybridized carbons (Fsp3) is 0.250. The van der Waals surface area contributed by atoms with E-state index in [0.717, 1.165) is 17.1 Å². The maximum atomic E-state index is 5.82. The minimum absolute atomic E-state index is 0.501. The minimum atomic E-state index is 0.501. The van der Waals surface area contributed by atoms with Crippen molar-refractivity contribution in [1.29, 1.82) is 0 Å². The SMILES string of the molecule is Cc1nc(CNc2ccc(Cl)cc2N)oc1C. The van der Waals surface area contributed by atoms with Crippen molar-refractivity contribution in [2.24, 2.45) is 0 Å². The van der Waals surface area contributed by atoms with Crippen LogP contribution in [-0.4, -0.2) is 4.98 Å². The van der Waals surface area contributed by atoms with Crippen molar-refractivity contribution in [3.8, 4) is 0 Å². The summed E-state index contributed by atoms with van der Waals surface area (Å²) in [6.07, 6.45) is 0. The third-order valence-corrected chi connectivity index (χ3v) is 2.75. The van der Waals surface area contributed by atoms with E-state index in [4.69, 9.17) is 21.8 Å². The highest BCUT2D eigenvalue weighted by Crippen LogP contribution is 2.23. The number of aromatic nitrogens is 1. The number of anilines is 2. The molecule has 5 heteroatoms. The van der Waals surface area contributed by atoms with E-state index < -0.39 is 0 Å². The smallest absolute Gasteiger partial charge is 0.213 e. The molecule has 0 unspecified atom stereocenters. The molecule has 2 aromatic rings. The number of nitrogens with one attached hydrogen (secondary N) is 1. The average Bonchev–Trinajstić information content (AvgIpc) is 2.57. The molecule has 0 radical (unpaired) electrons. The first kappa shape index (κ1) is 11.8. The molecule has 1 heterocycles. The van der Waals surface area contributed by atoms with Crippen LogP contribution in [0.4, 0.5) is 11.4 Å². The number of benzene rings is 1. The van der Waals surface area contributed by atoms with E-state index in [1.165, 1.54) is 0 Å². The van der Waals surface area contributed by atoms with Gasteiger partial charge in [0.1, 0.15) is 5.76 Å². The third kappa shape index (κ3) is 2.71. The molecule has 17 heavy (non-hydrogen) atoms. The van der Waals surface area contributed by atoms with E-state index in [-0.39, 0.29) is 0 Å². The molecular formula is C12H14ClN3O. The van der Waals surface area contributed by atoms with Gasteiger partial charge in [0, 0.05) is 5.02 Å². The standard InChI is InChI=1S/C12H14ClN3O/c1-7-8(2)17-12(16-7)6-15-11-4-3-9(13)5-10(11)14/h3-5,15H,6,14H2,1-2H3. The Kier molecular flexibility index (Phi) is 3.24. The Labute approximate surface area is 105 Å². The van der Waals surface area contributed by atoms with Gasteiger partial charge in [0.25, 0.3) is 0 Å². The molecule has 90 valence electrons. The fourth-order valence-electron chi connectivity index (χ4n) is 1.48. The number of rotatable bonds is 3. The summed E-state index contributed by atoms with van der Waals surface area (Å²) in [6, 6.07) is 5.32. The number of nitrogens with two attached hydrogens (primary N) is 1. The second-order valence-electron chi connectivity index (χ2n) is 3.83. The van der Waals surface area contributed by atoms with Crippen LogP contribution in [0.5, 0.6) is 0 Å². The maximum absolute atomic E-state index is 5.82. The second-order valence-corrected chi connectivity index (χ2v) is 4.27. The quantitative estimate of drug-likeness (QED) is 0.823. The summed E-state index contributed by atoms with van der Waals surface area (Å²) in [7, 11) is 0. The molecule has 0 aliphatic heterocycles. The summed E-state index contributed by atoms with van der Waals surface area (Å²) < 4.78 is 5.46. The van der Waals surface area contributed by atoms with Gasteiger partial charge in [-0.2, -0.15) is 0 Å². The molecule has 3 N–H and O–H groups in total. The lowest BCUT2D eigenvalue weighted by Crippen LogP contribution is -2.02. The number of nitrogen functional groups attached to an aromatic ring is 1. The molecule has 0 atom stereocenters. The Morgan fingerprint density at radius 1 is 1.41 bits per heavy atom. The van der Waals surface area contributed by atoms with Crippen molar-refractivity contribution in [2.75, 3.05) is 11.1 Å². The van der Waals surface area contributed by atoms with E-state index in [9.17, 15) is 0 Å². The topological polar surface area (TPSA) is 64.1 Å². The largest absolute Gasteiger partial charge is 0.444 e. The van der Waals surface area contributed by atoms with Crippen molar-refractivity contribution >= 4 is 23.0 Å². The Morgan fingerprint density at radius 2 is 2.18 bits per heavy atom. The van der Waals surface area contributed by atoms with Crippen LogP contribution < -0.4 is 11.1 Å². The summed E-state index contributed by atoms with van der Waals surface area (Å²) in [5.41, 5.74) is 8.16. The third-order valence-electron chi connectivity index (χ3n) is 2.52. The van der Waals surface area contributed by atoms with Crippen LogP contribution in [0.3, 0.4) is 0 Å². The lowest BCUT2D eigenvalue weighted by molar-refractivity contribution is 0.478. The van der Waals surface area contributed by atoms with Crippen LogP contribution in [0.1, 0.15) is 17.3 Å². The molecule has 4 nitrogen and oxygen atoms in total. The summed E-state index contributed by atoms with van der Waals surface area (Å²) in [6.45, 7) is 4.31. The zero-order valence-corrected chi connectivity index (χ0v) is 10.5. The van der Waals surface area contributed by atoms with Gasteiger partial charge in [-0.05, 0) is 32.0 Å². The van der Waals surface area contributed by atoms with Gasteiger partial charge >= 0.3 is 0 Å². The first-order valence-corrected chi connectivity index (χ1v) is 5.66. The molecule has 0 aliphatic carbocycles. The Bertz CT molecular complexity index is 517. The predicted molar refractivity (Wildman–Crippen MR) is 69.2 cm³/mol.